The summed E-state index contributed by atoms with van der Waals surface area (Å²) in [5.74, 6) is -2.52. The Labute approximate surface area is 254 Å². The third kappa shape index (κ3) is 7.19. The van der Waals surface area contributed by atoms with Crippen LogP contribution in [0.2, 0.25) is 4.34 Å². The number of anilines is 2. The second-order valence-corrected chi connectivity index (χ2v) is 11.3. The summed E-state index contributed by atoms with van der Waals surface area (Å²) >= 11 is 6.97. The van der Waals surface area contributed by atoms with Crippen molar-refractivity contribution in [2.75, 3.05) is 49.3 Å². The van der Waals surface area contributed by atoms with Gasteiger partial charge in [-0.25, -0.2) is 9.78 Å². The number of nitrogens with two attached hydrogens (primary N) is 1. The molecular weight excluding hydrogens is 604 g/mol. The van der Waals surface area contributed by atoms with Crippen LogP contribution in [0.1, 0.15) is 15.4 Å². The summed E-state index contributed by atoms with van der Waals surface area (Å²) in [7, 11) is 0. The molecule has 0 saturated carbocycles. The van der Waals surface area contributed by atoms with Crippen molar-refractivity contribution in [1.29, 1.82) is 0 Å². The van der Waals surface area contributed by atoms with Crippen molar-refractivity contribution in [2.24, 2.45) is 5.73 Å². The zero-order valence-corrected chi connectivity index (χ0v) is 24.2. The molecule has 2 aromatic heterocycles. The van der Waals surface area contributed by atoms with Gasteiger partial charge in [0, 0.05) is 30.5 Å². The first-order valence-corrected chi connectivity index (χ1v) is 14.3. The van der Waals surface area contributed by atoms with Gasteiger partial charge >= 0.3 is 12.1 Å². The lowest BCUT2D eigenvalue weighted by atomic mass is 10.2. The number of rotatable bonds is 10. The number of amides is 4. The average Bonchev–Trinajstić information content (AvgIpc) is 3.76. The number of imidazole rings is 1. The van der Waals surface area contributed by atoms with Crippen LogP contribution in [0, 0.1) is 0 Å². The van der Waals surface area contributed by atoms with Gasteiger partial charge in [0.15, 0.2) is 6.61 Å². The van der Waals surface area contributed by atoms with Gasteiger partial charge in [-0.2, -0.15) is 0 Å². The first-order chi connectivity index (χ1) is 20.7. The maximum Gasteiger partial charge on any atom is 0.414 e. The minimum absolute atomic E-state index is 0.00453. The van der Waals surface area contributed by atoms with Crippen LogP contribution in [0.3, 0.4) is 0 Å². The number of benzene rings is 1. The number of halogens is 1. The molecule has 3 N–H and O–H groups in total. The summed E-state index contributed by atoms with van der Waals surface area (Å²) < 4.78 is 16.1. The van der Waals surface area contributed by atoms with E-state index in [1.807, 2.05) is 0 Å². The lowest BCUT2D eigenvalue weighted by Gasteiger charge is -2.27. The highest BCUT2D eigenvalue weighted by Crippen LogP contribution is 2.27. The van der Waals surface area contributed by atoms with Gasteiger partial charge in [0.2, 0.25) is 0 Å². The van der Waals surface area contributed by atoms with Crippen LogP contribution in [0.5, 0.6) is 0 Å². The summed E-state index contributed by atoms with van der Waals surface area (Å²) in [5.41, 5.74) is 7.59. The highest BCUT2D eigenvalue weighted by atomic mass is 35.5. The van der Waals surface area contributed by atoms with Crippen molar-refractivity contribution in [3.63, 3.8) is 0 Å². The molecule has 3 aromatic rings. The molecule has 0 spiro atoms. The summed E-state index contributed by atoms with van der Waals surface area (Å²) in [4.78, 5) is 74.6. The highest BCUT2D eigenvalue weighted by molar-refractivity contribution is 7.18. The van der Waals surface area contributed by atoms with Crippen LogP contribution >= 0.6 is 22.9 Å². The number of carbonyl (C=O) groups excluding carboxylic acids is 5. The summed E-state index contributed by atoms with van der Waals surface area (Å²) in [6, 6.07) is 8.68. The standard InChI is InChI=1S/C27H27ClN6O8S/c28-22-6-5-21(43-22)25(37)34(24(36)14-41-26(38)20(29)9-16-10-30-15-31-16)12-19-11-33(27(39)42-19)18-3-1-17(2-4-18)32-7-8-40-13-23(32)35/h1-6,10,15,19-20H,7-9,11-14,29H2,(H,30,31)/t19-,20+/m1/s1. The molecule has 2 atom stereocenters. The molecule has 2 saturated heterocycles. The Hall–Kier alpha value is -4.31. The zero-order valence-electron chi connectivity index (χ0n) is 22.6. The van der Waals surface area contributed by atoms with E-state index in [-0.39, 0.29) is 36.9 Å². The number of nitrogens with zero attached hydrogens (tertiary/aromatic N) is 4. The second-order valence-electron chi connectivity index (χ2n) is 9.62. The monoisotopic (exact) mass is 630 g/mol. The molecule has 16 heteroatoms. The van der Waals surface area contributed by atoms with Crippen LogP contribution in [0.15, 0.2) is 48.9 Å². The van der Waals surface area contributed by atoms with Gasteiger partial charge in [0.05, 0.1) is 40.9 Å². The van der Waals surface area contributed by atoms with Gasteiger partial charge in [-0.1, -0.05) is 11.6 Å². The predicted molar refractivity (Wildman–Crippen MR) is 154 cm³/mol. The molecule has 0 radical (unpaired) electrons. The Balaban J connectivity index is 1.24. The van der Waals surface area contributed by atoms with Gasteiger partial charge < -0.3 is 29.8 Å². The quantitative estimate of drug-likeness (QED) is 0.313. The number of hydrogen-bond acceptors (Lipinski definition) is 11. The Bertz CT molecular complexity index is 1500. The maximum atomic E-state index is 13.3. The number of nitrogens with one attached hydrogen (secondary N) is 1. The number of hydrogen-bond donors (Lipinski definition) is 2. The average molecular weight is 631 g/mol. The Kier molecular flexibility index (Phi) is 9.35. The fraction of sp³-hybridized carbons (Fsp3) is 0.333. The highest BCUT2D eigenvalue weighted by Gasteiger charge is 2.37. The molecule has 14 nitrogen and oxygen atoms in total. The smallest absolute Gasteiger partial charge is 0.414 e. The number of ether oxygens (including phenoxy) is 3. The number of thiophene rings is 1. The summed E-state index contributed by atoms with van der Waals surface area (Å²) in [6.07, 6.45) is 1.56. The lowest BCUT2D eigenvalue weighted by Crippen LogP contribution is -2.45. The number of esters is 1. The molecule has 5 rings (SSSR count). The van der Waals surface area contributed by atoms with Gasteiger partial charge in [0.25, 0.3) is 17.7 Å². The van der Waals surface area contributed by atoms with Gasteiger partial charge in [-0.3, -0.25) is 29.0 Å². The zero-order chi connectivity index (χ0) is 30.5. The van der Waals surface area contributed by atoms with E-state index in [4.69, 9.17) is 31.5 Å². The van der Waals surface area contributed by atoms with Crippen molar-refractivity contribution < 1.29 is 38.2 Å². The number of aromatic amines is 1. The van der Waals surface area contributed by atoms with Crippen LogP contribution in [0.25, 0.3) is 0 Å². The molecule has 0 unspecified atom stereocenters. The van der Waals surface area contributed by atoms with Crippen molar-refractivity contribution in [1.82, 2.24) is 14.9 Å². The fourth-order valence-electron chi connectivity index (χ4n) is 4.52. The normalized spacial score (nSPS) is 17.5. The molecule has 2 aliphatic rings. The van der Waals surface area contributed by atoms with Crippen LogP contribution in [-0.4, -0.2) is 96.3 Å². The molecule has 2 fully saturated rings. The van der Waals surface area contributed by atoms with Crippen molar-refractivity contribution >= 4 is 64.1 Å². The van der Waals surface area contributed by atoms with Gasteiger partial charge in [-0.15, -0.1) is 11.3 Å². The molecule has 0 aliphatic carbocycles. The van der Waals surface area contributed by atoms with Crippen LogP contribution < -0.4 is 15.5 Å². The van der Waals surface area contributed by atoms with Crippen LogP contribution in [-0.2, 0) is 35.0 Å². The molecule has 2 aliphatic heterocycles. The van der Waals surface area contributed by atoms with E-state index in [0.717, 1.165) is 16.2 Å². The number of cyclic esters (lactones) is 1. The molecule has 226 valence electrons. The third-order valence-electron chi connectivity index (χ3n) is 6.67. The minimum atomic E-state index is -1.08. The van der Waals surface area contributed by atoms with Crippen LogP contribution in [0.4, 0.5) is 16.2 Å². The number of aromatic nitrogens is 2. The van der Waals surface area contributed by atoms with Gasteiger partial charge in [-0.05, 0) is 36.4 Å². The van der Waals surface area contributed by atoms with E-state index < -0.39 is 42.6 Å². The predicted octanol–water partition coefficient (Wildman–Crippen LogP) is 1.60. The van der Waals surface area contributed by atoms with E-state index >= 15 is 0 Å². The van der Waals surface area contributed by atoms with E-state index in [2.05, 4.69) is 9.97 Å². The molecule has 4 heterocycles. The number of carbonyl (C=O) groups is 5. The lowest BCUT2D eigenvalue weighted by molar-refractivity contribution is -0.152. The van der Waals surface area contributed by atoms with E-state index in [1.165, 1.54) is 23.4 Å². The topological polar surface area (TPSA) is 177 Å². The number of morpholine rings is 1. The van der Waals surface area contributed by atoms with Gasteiger partial charge in [0.1, 0.15) is 18.8 Å². The van der Waals surface area contributed by atoms with Crippen molar-refractivity contribution in [2.45, 2.75) is 18.6 Å². The van der Waals surface area contributed by atoms with E-state index in [9.17, 15) is 24.0 Å². The molecule has 0 bridgehead atoms. The number of imide groups is 1. The van der Waals surface area contributed by atoms with Crippen molar-refractivity contribution in [3.05, 3.63) is 63.8 Å². The van der Waals surface area contributed by atoms with E-state index in [0.29, 0.717) is 34.6 Å². The third-order valence-corrected chi connectivity index (χ3v) is 7.89. The largest absolute Gasteiger partial charge is 0.454 e. The van der Waals surface area contributed by atoms with Crippen molar-refractivity contribution in [3.8, 4) is 0 Å². The second kappa shape index (κ2) is 13.3. The first-order valence-electron chi connectivity index (χ1n) is 13.2. The Morgan fingerprint density at radius 1 is 1.16 bits per heavy atom. The fourth-order valence-corrected chi connectivity index (χ4v) is 5.52. The Morgan fingerprint density at radius 3 is 2.56 bits per heavy atom. The molecule has 43 heavy (non-hydrogen) atoms. The minimum Gasteiger partial charge on any atom is -0.454 e. The number of H-pyrrole nitrogens is 1. The maximum absolute atomic E-state index is 13.3. The molecule has 1 aromatic carbocycles. The molecular formula is C27H27ClN6O8S. The summed E-state index contributed by atoms with van der Waals surface area (Å²) in [6.45, 7) is -0.173. The summed E-state index contributed by atoms with van der Waals surface area (Å²) in [5, 5.41) is 0. The Morgan fingerprint density at radius 2 is 1.91 bits per heavy atom. The van der Waals surface area contributed by atoms with E-state index in [1.54, 1.807) is 35.4 Å². The molecule has 4 amide bonds. The SMILES string of the molecule is N[C@@H](Cc1c[nH]cn1)C(=O)OCC(=O)N(C[C@H]1CN(c2ccc(N3CCOCC3=O)cc2)C(=O)O1)C(=O)c1ccc(Cl)s1. The first kappa shape index (κ1) is 30.2.